The maximum absolute atomic E-state index is 12.1. The monoisotopic (exact) mass is 255 g/mol. The molecule has 0 unspecified atom stereocenters. The number of rotatable bonds is 1. The minimum Gasteiger partial charge on any atom is -0.495 e. The molecule has 0 atom stereocenters. The van der Waals surface area contributed by atoms with Crippen molar-refractivity contribution < 1.29 is 17.9 Å². The van der Waals surface area contributed by atoms with Crippen LogP contribution >= 0.6 is 0 Å². The second-order valence-electron chi connectivity index (χ2n) is 4.38. The van der Waals surface area contributed by atoms with Gasteiger partial charge in [-0.1, -0.05) is 6.07 Å². The van der Waals surface area contributed by atoms with Gasteiger partial charge in [0.25, 0.3) is 5.12 Å². The minimum absolute atomic E-state index is 0.0770. The molecule has 0 amide bonds. The Balaban J connectivity index is 2.80. The minimum atomic E-state index is -4.00. The third-order valence-corrected chi connectivity index (χ3v) is 4.63. The highest BCUT2D eigenvalue weighted by Crippen LogP contribution is 2.39. The molecule has 6 heteroatoms. The summed E-state index contributed by atoms with van der Waals surface area (Å²) in [5.41, 5.74) is -0.730. The standard InChI is InChI=1S/C11H13NO4S/c1-11(2)10(13)17(14,15)9-7(12-11)5-4-6-8(9)16-3/h4-6,12H,1-3H3. The predicted octanol–water partition coefficient (Wildman–Crippen LogP) is 1.20. The summed E-state index contributed by atoms with van der Waals surface area (Å²) in [4.78, 5) is 11.8. The maximum Gasteiger partial charge on any atom is 0.275 e. The molecule has 0 spiro atoms. The van der Waals surface area contributed by atoms with E-state index in [-0.39, 0.29) is 10.6 Å². The average molecular weight is 255 g/mol. The lowest BCUT2D eigenvalue weighted by molar-refractivity contribution is -0.114. The largest absolute Gasteiger partial charge is 0.495 e. The lowest BCUT2D eigenvalue weighted by atomic mass is 10.1. The summed E-state index contributed by atoms with van der Waals surface area (Å²) in [5.74, 6) is 0.179. The van der Waals surface area contributed by atoms with Gasteiger partial charge in [0.2, 0.25) is 9.84 Å². The van der Waals surface area contributed by atoms with Gasteiger partial charge in [0.05, 0.1) is 12.8 Å². The third-order valence-electron chi connectivity index (χ3n) is 2.67. The highest BCUT2D eigenvalue weighted by Gasteiger charge is 2.46. The van der Waals surface area contributed by atoms with Crippen LogP contribution in [0.2, 0.25) is 0 Å². The van der Waals surface area contributed by atoms with Crippen LogP contribution in [0.25, 0.3) is 0 Å². The van der Waals surface area contributed by atoms with E-state index in [0.717, 1.165) is 0 Å². The van der Waals surface area contributed by atoms with E-state index < -0.39 is 20.5 Å². The molecule has 0 saturated heterocycles. The van der Waals surface area contributed by atoms with Crippen LogP contribution in [0.1, 0.15) is 13.8 Å². The quantitative estimate of drug-likeness (QED) is 0.816. The van der Waals surface area contributed by atoms with Crippen LogP contribution in [-0.2, 0) is 14.6 Å². The van der Waals surface area contributed by atoms with Crippen LogP contribution in [0.15, 0.2) is 23.1 Å². The number of ether oxygens (including phenoxy) is 1. The van der Waals surface area contributed by atoms with E-state index in [0.29, 0.717) is 5.69 Å². The summed E-state index contributed by atoms with van der Waals surface area (Å²) in [6, 6.07) is 4.80. The molecule has 1 aromatic rings. The fourth-order valence-corrected chi connectivity index (χ4v) is 3.60. The van der Waals surface area contributed by atoms with Gasteiger partial charge in [-0.3, -0.25) is 4.79 Å². The Kier molecular flexibility index (Phi) is 2.43. The van der Waals surface area contributed by atoms with Crippen molar-refractivity contribution in [1.29, 1.82) is 0 Å². The Labute approximate surface area is 99.7 Å². The van der Waals surface area contributed by atoms with Gasteiger partial charge in [-0.2, -0.15) is 0 Å². The topological polar surface area (TPSA) is 72.5 Å². The Bertz CT molecular complexity index is 589. The average Bonchev–Trinajstić information content (AvgIpc) is 2.25. The zero-order valence-electron chi connectivity index (χ0n) is 9.77. The first-order chi connectivity index (χ1) is 7.80. The van der Waals surface area contributed by atoms with Gasteiger partial charge >= 0.3 is 0 Å². The van der Waals surface area contributed by atoms with Gasteiger partial charge in [-0.15, -0.1) is 0 Å². The number of methoxy groups -OCH3 is 1. The molecule has 92 valence electrons. The number of fused-ring (bicyclic) bond motifs is 1. The molecule has 0 fully saturated rings. The number of sulfone groups is 1. The van der Waals surface area contributed by atoms with Gasteiger partial charge in [-0.05, 0) is 26.0 Å². The van der Waals surface area contributed by atoms with Crippen LogP contribution < -0.4 is 10.1 Å². The summed E-state index contributed by atoms with van der Waals surface area (Å²) >= 11 is 0. The number of carbonyl (C=O) groups is 1. The molecule has 17 heavy (non-hydrogen) atoms. The zero-order valence-corrected chi connectivity index (χ0v) is 10.6. The van der Waals surface area contributed by atoms with E-state index in [1.165, 1.54) is 27.0 Å². The molecule has 1 N–H and O–H groups in total. The number of hydrogen-bond donors (Lipinski definition) is 1. The molecule has 0 aromatic heterocycles. The van der Waals surface area contributed by atoms with Gasteiger partial charge in [0.15, 0.2) is 0 Å². The number of carbonyl (C=O) groups excluding carboxylic acids is 1. The molecule has 0 bridgehead atoms. The zero-order chi connectivity index (χ0) is 12.8. The summed E-state index contributed by atoms with van der Waals surface area (Å²) in [7, 11) is -2.63. The van der Waals surface area contributed by atoms with Crippen LogP contribution in [0.4, 0.5) is 5.69 Å². The van der Waals surface area contributed by atoms with Crippen molar-refractivity contribution in [2.24, 2.45) is 0 Å². The molecule has 0 saturated carbocycles. The number of benzene rings is 1. The van der Waals surface area contributed by atoms with Crippen molar-refractivity contribution in [2.75, 3.05) is 12.4 Å². The second kappa shape index (κ2) is 3.46. The first-order valence-corrected chi connectivity index (χ1v) is 6.54. The van der Waals surface area contributed by atoms with E-state index in [4.69, 9.17) is 4.74 Å². The SMILES string of the molecule is COc1cccc2c1S(=O)(=O)C(=O)C(C)(C)N2. The van der Waals surface area contributed by atoms with E-state index >= 15 is 0 Å². The number of nitrogens with one attached hydrogen (secondary N) is 1. The normalized spacial score (nSPS) is 20.3. The molecule has 1 aromatic carbocycles. The van der Waals surface area contributed by atoms with E-state index in [1.807, 2.05) is 0 Å². The second-order valence-corrected chi connectivity index (χ2v) is 6.16. The smallest absolute Gasteiger partial charge is 0.275 e. The van der Waals surface area contributed by atoms with E-state index in [2.05, 4.69) is 5.32 Å². The van der Waals surface area contributed by atoms with Crippen molar-refractivity contribution in [2.45, 2.75) is 24.3 Å². The molecule has 2 rings (SSSR count). The Morgan fingerprint density at radius 3 is 2.53 bits per heavy atom. The Morgan fingerprint density at radius 2 is 1.94 bits per heavy atom. The molecule has 5 nitrogen and oxygen atoms in total. The van der Waals surface area contributed by atoms with Crippen molar-refractivity contribution >= 4 is 20.6 Å². The van der Waals surface area contributed by atoms with Gasteiger partial charge in [0, 0.05) is 0 Å². The molecule has 0 aliphatic carbocycles. The summed E-state index contributed by atoms with van der Waals surface area (Å²) in [6.07, 6.45) is 0. The summed E-state index contributed by atoms with van der Waals surface area (Å²) in [6.45, 7) is 3.07. The molecule has 1 aliphatic rings. The third kappa shape index (κ3) is 1.59. The van der Waals surface area contributed by atoms with E-state index in [9.17, 15) is 13.2 Å². The first kappa shape index (κ1) is 11.9. The van der Waals surface area contributed by atoms with Crippen LogP contribution in [-0.4, -0.2) is 26.2 Å². The number of anilines is 1. The van der Waals surface area contributed by atoms with Crippen molar-refractivity contribution in [3.8, 4) is 5.75 Å². The fourth-order valence-electron chi connectivity index (χ4n) is 1.87. The highest BCUT2D eigenvalue weighted by atomic mass is 32.2. The van der Waals surface area contributed by atoms with Gasteiger partial charge in [0.1, 0.15) is 16.2 Å². The molecule has 1 heterocycles. The summed E-state index contributed by atoms with van der Waals surface area (Å²) < 4.78 is 29.3. The van der Waals surface area contributed by atoms with E-state index in [1.54, 1.807) is 12.1 Å². The fraction of sp³-hybridized carbons (Fsp3) is 0.364. The number of hydrogen-bond acceptors (Lipinski definition) is 5. The summed E-state index contributed by atoms with van der Waals surface area (Å²) in [5, 5.41) is 2.06. The maximum atomic E-state index is 12.1. The van der Waals surface area contributed by atoms with Crippen LogP contribution in [0.5, 0.6) is 5.75 Å². The molecular formula is C11H13NO4S. The lowest BCUT2D eigenvalue weighted by Gasteiger charge is -2.32. The predicted molar refractivity (Wildman–Crippen MR) is 62.9 cm³/mol. The molecule has 1 aliphatic heterocycles. The Hall–Kier alpha value is -1.56. The van der Waals surface area contributed by atoms with Gasteiger partial charge < -0.3 is 10.1 Å². The molecule has 0 radical (unpaired) electrons. The van der Waals surface area contributed by atoms with Crippen molar-refractivity contribution in [3.63, 3.8) is 0 Å². The first-order valence-electron chi connectivity index (χ1n) is 5.05. The van der Waals surface area contributed by atoms with Crippen molar-refractivity contribution in [1.82, 2.24) is 0 Å². The lowest BCUT2D eigenvalue weighted by Crippen LogP contribution is -2.48. The van der Waals surface area contributed by atoms with Crippen LogP contribution in [0, 0.1) is 0 Å². The van der Waals surface area contributed by atoms with Crippen LogP contribution in [0.3, 0.4) is 0 Å². The Morgan fingerprint density at radius 1 is 1.29 bits per heavy atom. The highest BCUT2D eigenvalue weighted by molar-refractivity contribution is 8.06. The molecular weight excluding hydrogens is 242 g/mol. The van der Waals surface area contributed by atoms with Crippen molar-refractivity contribution in [3.05, 3.63) is 18.2 Å². The van der Waals surface area contributed by atoms with Gasteiger partial charge in [-0.25, -0.2) is 8.42 Å².